The summed E-state index contributed by atoms with van der Waals surface area (Å²) < 4.78 is 10.5. The number of aryl methyl sites for hydroxylation is 1. The summed E-state index contributed by atoms with van der Waals surface area (Å²) in [6.45, 7) is 1.57. The van der Waals surface area contributed by atoms with Gasteiger partial charge in [-0.2, -0.15) is 4.98 Å². The van der Waals surface area contributed by atoms with Crippen LogP contribution in [-0.2, 0) is 16.0 Å². The standard InChI is InChI=1S/C12H18N2O3/c15-7-3-1-2-4-11-13-12(14-17-11)10-5-8-16-9-6-10/h7,10H,1-6,8-9H2. The van der Waals surface area contributed by atoms with Crippen molar-refractivity contribution >= 4 is 6.29 Å². The number of hydrogen-bond acceptors (Lipinski definition) is 5. The molecule has 0 amide bonds. The molecule has 1 aromatic heterocycles. The van der Waals surface area contributed by atoms with E-state index in [1.807, 2.05) is 0 Å². The van der Waals surface area contributed by atoms with E-state index in [1.165, 1.54) is 0 Å². The highest BCUT2D eigenvalue weighted by molar-refractivity contribution is 5.48. The molecular formula is C12H18N2O3. The van der Waals surface area contributed by atoms with Crippen LogP contribution in [0.5, 0.6) is 0 Å². The molecule has 0 bridgehead atoms. The molecule has 17 heavy (non-hydrogen) atoms. The Labute approximate surface area is 101 Å². The van der Waals surface area contributed by atoms with E-state index in [4.69, 9.17) is 9.26 Å². The third-order valence-electron chi connectivity index (χ3n) is 3.03. The Morgan fingerprint density at radius 3 is 2.88 bits per heavy atom. The average Bonchev–Trinajstić information content (AvgIpc) is 2.85. The smallest absolute Gasteiger partial charge is 0.226 e. The minimum Gasteiger partial charge on any atom is -0.381 e. The molecule has 5 nitrogen and oxygen atoms in total. The molecule has 5 heteroatoms. The number of hydrogen-bond donors (Lipinski definition) is 0. The summed E-state index contributed by atoms with van der Waals surface area (Å²) in [6.07, 6.45) is 6.09. The van der Waals surface area contributed by atoms with Gasteiger partial charge in [0.25, 0.3) is 0 Å². The second-order valence-electron chi connectivity index (χ2n) is 4.35. The van der Waals surface area contributed by atoms with Crippen molar-refractivity contribution in [2.75, 3.05) is 13.2 Å². The fraction of sp³-hybridized carbons (Fsp3) is 0.750. The molecule has 0 aliphatic carbocycles. The highest BCUT2D eigenvalue weighted by atomic mass is 16.5. The maximum Gasteiger partial charge on any atom is 0.226 e. The Balaban J connectivity index is 1.80. The first-order chi connectivity index (χ1) is 8.40. The van der Waals surface area contributed by atoms with Crippen LogP contribution in [0.15, 0.2) is 4.52 Å². The molecule has 1 saturated heterocycles. The monoisotopic (exact) mass is 238 g/mol. The molecule has 0 radical (unpaired) electrons. The summed E-state index contributed by atoms with van der Waals surface area (Å²) in [5, 5.41) is 4.03. The van der Waals surface area contributed by atoms with Crippen molar-refractivity contribution in [3.63, 3.8) is 0 Å². The Kier molecular flexibility index (Phi) is 4.67. The molecule has 2 rings (SSSR count). The number of carbonyl (C=O) groups excluding carboxylic acids is 1. The van der Waals surface area contributed by atoms with E-state index in [1.54, 1.807) is 0 Å². The number of rotatable bonds is 6. The molecule has 1 aromatic rings. The Bertz CT molecular complexity index is 345. The van der Waals surface area contributed by atoms with Crippen molar-refractivity contribution in [1.29, 1.82) is 0 Å². The normalized spacial score (nSPS) is 17.2. The molecule has 2 heterocycles. The predicted octanol–water partition coefficient (Wildman–Crippen LogP) is 1.88. The molecule has 0 N–H and O–H groups in total. The minimum atomic E-state index is 0.385. The first-order valence-electron chi connectivity index (χ1n) is 6.24. The van der Waals surface area contributed by atoms with Gasteiger partial charge in [-0.3, -0.25) is 0 Å². The van der Waals surface area contributed by atoms with E-state index in [-0.39, 0.29) is 0 Å². The van der Waals surface area contributed by atoms with Gasteiger partial charge in [0.2, 0.25) is 5.89 Å². The zero-order valence-electron chi connectivity index (χ0n) is 9.93. The largest absolute Gasteiger partial charge is 0.381 e. The Morgan fingerprint density at radius 1 is 1.29 bits per heavy atom. The second-order valence-corrected chi connectivity index (χ2v) is 4.35. The summed E-state index contributed by atoms with van der Waals surface area (Å²) in [6, 6.07) is 0. The number of nitrogens with zero attached hydrogens (tertiary/aromatic N) is 2. The zero-order valence-corrected chi connectivity index (χ0v) is 9.93. The number of ether oxygens (including phenoxy) is 1. The van der Waals surface area contributed by atoms with Gasteiger partial charge in [-0.25, -0.2) is 0 Å². The van der Waals surface area contributed by atoms with Crippen LogP contribution in [0.2, 0.25) is 0 Å². The fourth-order valence-corrected chi connectivity index (χ4v) is 2.00. The zero-order chi connectivity index (χ0) is 11.9. The van der Waals surface area contributed by atoms with Crippen LogP contribution in [0.1, 0.15) is 49.7 Å². The maximum atomic E-state index is 10.2. The molecule has 0 unspecified atom stereocenters. The van der Waals surface area contributed by atoms with Gasteiger partial charge in [-0.1, -0.05) is 5.16 Å². The highest BCUT2D eigenvalue weighted by Crippen LogP contribution is 2.24. The van der Waals surface area contributed by atoms with E-state index in [2.05, 4.69) is 10.1 Å². The van der Waals surface area contributed by atoms with Gasteiger partial charge in [0.1, 0.15) is 6.29 Å². The van der Waals surface area contributed by atoms with Crippen molar-refractivity contribution in [2.24, 2.45) is 0 Å². The Hall–Kier alpha value is -1.23. The molecule has 0 spiro atoms. The van der Waals surface area contributed by atoms with Gasteiger partial charge in [0.15, 0.2) is 5.82 Å². The molecular weight excluding hydrogens is 220 g/mol. The van der Waals surface area contributed by atoms with Gasteiger partial charge in [0.05, 0.1) is 0 Å². The van der Waals surface area contributed by atoms with Crippen LogP contribution in [0.4, 0.5) is 0 Å². The number of carbonyl (C=O) groups is 1. The van der Waals surface area contributed by atoms with Crippen molar-refractivity contribution in [3.8, 4) is 0 Å². The molecule has 94 valence electrons. The average molecular weight is 238 g/mol. The van der Waals surface area contributed by atoms with Crippen LogP contribution in [0, 0.1) is 0 Å². The van der Waals surface area contributed by atoms with E-state index in [9.17, 15) is 4.79 Å². The number of aromatic nitrogens is 2. The third kappa shape index (κ3) is 3.63. The summed E-state index contributed by atoms with van der Waals surface area (Å²) in [4.78, 5) is 14.6. The van der Waals surface area contributed by atoms with Crippen molar-refractivity contribution in [2.45, 2.75) is 44.4 Å². The summed E-state index contributed by atoms with van der Waals surface area (Å²) in [5.74, 6) is 1.90. The van der Waals surface area contributed by atoms with Crippen LogP contribution >= 0.6 is 0 Å². The lowest BCUT2D eigenvalue weighted by Crippen LogP contribution is -2.15. The van der Waals surface area contributed by atoms with Gasteiger partial charge >= 0.3 is 0 Å². The van der Waals surface area contributed by atoms with E-state index >= 15 is 0 Å². The van der Waals surface area contributed by atoms with Crippen molar-refractivity contribution < 1.29 is 14.1 Å². The molecule has 0 atom stereocenters. The van der Waals surface area contributed by atoms with Crippen molar-refractivity contribution in [3.05, 3.63) is 11.7 Å². The summed E-state index contributed by atoms with van der Waals surface area (Å²) >= 11 is 0. The molecule has 0 saturated carbocycles. The fourth-order valence-electron chi connectivity index (χ4n) is 2.00. The SMILES string of the molecule is O=CCCCCc1nc(C2CCOCC2)no1. The Morgan fingerprint density at radius 2 is 2.12 bits per heavy atom. The van der Waals surface area contributed by atoms with Gasteiger partial charge in [-0.05, 0) is 25.7 Å². The summed E-state index contributed by atoms with van der Waals surface area (Å²) in [7, 11) is 0. The number of aldehydes is 1. The molecule has 1 aliphatic heterocycles. The van der Waals surface area contributed by atoms with Crippen LogP contribution in [0.25, 0.3) is 0 Å². The molecule has 0 aromatic carbocycles. The molecule has 1 fully saturated rings. The van der Waals surface area contributed by atoms with Crippen molar-refractivity contribution in [1.82, 2.24) is 10.1 Å². The first-order valence-corrected chi connectivity index (χ1v) is 6.24. The number of unbranched alkanes of at least 4 members (excludes halogenated alkanes) is 2. The van der Waals surface area contributed by atoms with Crippen LogP contribution in [0.3, 0.4) is 0 Å². The lowest BCUT2D eigenvalue weighted by Gasteiger charge is -2.18. The van der Waals surface area contributed by atoms with Crippen LogP contribution < -0.4 is 0 Å². The minimum absolute atomic E-state index is 0.385. The predicted molar refractivity (Wildman–Crippen MR) is 60.7 cm³/mol. The van der Waals surface area contributed by atoms with Gasteiger partial charge < -0.3 is 14.1 Å². The maximum absolute atomic E-state index is 10.2. The lowest BCUT2D eigenvalue weighted by atomic mass is 10.00. The molecule has 1 aliphatic rings. The second kappa shape index (κ2) is 6.49. The van der Waals surface area contributed by atoms with Gasteiger partial charge in [-0.15, -0.1) is 0 Å². The quantitative estimate of drug-likeness (QED) is 0.559. The third-order valence-corrected chi connectivity index (χ3v) is 3.03. The van der Waals surface area contributed by atoms with E-state index in [0.717, 1.165) is 57.4 Å². The van der Waals surface area contributed by atoms with Crippen LogP contribution in [-0.4, -0.2) is 29.6 Å². The highest BCUT2D eigenvalue weighted by Gasteiger charge is 2.20. The van der Waals surface area contributed by atoms with E-state index in [0.29, 0.717) is 18.2 Å². The van der Waals surface area contributed by atoms with Gasteiger partial charge in [0, 0.05) is 32.0 Å². The summed E-state index contributed by atoms with van der Waals surface area (Å²) in [5.41, 5.74) is 0. The topological polar surface area (TPSA) is 65.2 Å². The lowest BCUT2D eigenvalue weighted by molar-refractivity contribution is -0.107. The van der Waals surface area contributed by atoms with E-state index < -0.39 is 0 Å². The first kappa shape index (κ1) is 12.2.